The van der Waals surface area contributed by atoms with Gasteiger partial charge in [-0.2, -0.15) is 9.41 Å². The van der Waals surface area contributed by atoms with Gasteiger partial charge in [0.1, 0.15) is 0 Å². The molecule has 0 spiro atoms. The van der Waals surface area contributed by atoms with Crippen LogP contribution in [0.25, 0.3) is 0 Å². The molecular formula is C23H21Cl2N3O3S. The number of nitrogens with zero attached hydrogens (tertiary/aromatic N) is 2. The van der Waals surface area contributed by atoms with Gasteiger partial charge in [-0.25, -0.2) is 13.8 Å². The Hall–Kier alpha value is -2.71. The number of amides is 1. The summed E-state index contributed by atoms with van der Waals surface area (Å²) in [4.78, 5) is 12.6. The van der Waals surface area contributed by atoms with E-state index in [1.54, 1.807) is 36.4 Å². The molecule has 6 nitrogen and oxygen atoms in total. The van der Waals surface area contributed by atoms with Crippen molar-refractivity contribution in [2.45, 2.75) is 11.3 Å². The smallest absolute Gasteiger partial charge is 0.255 e. The Bertz CT molecular complexity index is 1190. The number of hydrogen-bond donors (Lipinski definition) is 1. The van der Waals surface area contributed by atoms with Gasteiger partial charge in [0.15, 0.2) is 0 Å². The summed E-state index contributed by atoms with van der Waals surface area (Å²) in [6, 6.07) is 22.5. The molecule has 9 heteroatoms. The summed E-state index contributed by atoms with van der Waals surface area (Å²) in [5, 5.41) is 4.55. The molecule has 0 unspecified atom stereocenters. The van der Waals surface area contributed by atoms with Crippen LogP contribution < -0.4 is 5.43 Å². The van der Waals surface area contributed by atoms with Crippen molar-refractivity contribution in [2.24, 2.45) is 5.10 Å². The highest BCUT2D eigenvalue weighted by molar-refractivity contribution is 7.89. The second-order valence-electron chi connectivity index (χ2n) is 6.82. The van der Waals surface area contributed by atoms with Crippen LogP contribution in [-0.2, 0) is 21.2 Å². The highest BCUT2D eigenvalue weighted by atomic mass is 35.5. The van der Waals surface area contributed by atoms with E-state index in [0.29, 0.717) is 22.0 Å². The van der Waals surface area contributed by atoms with Crippen LogP contribution in [0.5, 0.6) is 0 Å². The fourth-order valence-electron chi connectivity index (χ4n) is 2.91. The van der Waals surface area contributed by atoms with E-state index in [9.17, 15) is 13.2 Å². The SMILES string of the molecule is O=C(CN(CCc1ccccc1)S(=O)(=O)c1ccccc1)N/N=C/c1cccc(Cl)c1Cl. The average molecular weight is 490 g/mol. The topological polar surface area (TPSA) is 78.8 Å². The summed E-state index contributed by atoms with van der Waals surface area (Å²) in [6.07, 6.45) is 1.81. The van der Waals surface area contributed by atoms with Crippen LogP contribution in [0.1, 0.15) is 11.1 Å². The van der Waals surface area contributed by atoms with Crippen molar-refractivity contribution in [3.05, 3.63) is 100 Å². The van der Waals surface area contributed by atoms with Crippen molar-refractivity contribution in [2.75, 3.05) is 13.1 Å². The molecule has 1 N–H and O–H groups in total. The van der Waals surface area contributed by atoms with Gasteiger partial charge < -0.3 is 0 Å². The molecule has 0 atom stereocenters. The zero-order valence-electron chi connectivity index (χ0n) is 17.0. The van der Waals surface area contributed by atoms with Crippen molar-refractivity contribution >= 4 is 45.3 Å². The van der Waals surface area contributed by atoms with Gasteiger partial charge in [-0.1, -0.05) is 83.9 Å². The summed E-state index contributed by atoms with van der Waals surface area (Å²) < 4.78 is 27.4. The summed E-state index contributed by atoms with van der Waals surface area (Å²) in [6.45, 7) is -0.247. The normalized spacial score (nSPS) is 11.7. The molecule has 0 saturated carbocycles. The molecule has 0 bridgehead atoms. The molecule has 3 aromatic carbocycles. The molecule has 0 aliphatic heterocycles. The largest absolute Gasteiger partial charge is 0.272 e. The first-order valence-corrected chi connectivity index (χ1v) is 11.9. The van der Waals surface area contributed by atoms with Crippen molar-refractivity contribution in [3.63, 3.8) is 0 Å². The lowest BCUT2D eigenvalue weighted by Gasteiger charge is -2.21. The van der Waals surface area contributed by atoms with Crippen LogP contribution >= 0.6 is 23.2 Å². The number of carbonyl (C=O) groups excluding carboxylic acids is 1. The molecule has 1 amide bonds. The first-order chi connectivity index (χ1) is 15.4. The molecule has 0 fully saturated rings. The van der Waals surface area contributed by atoms with Crippen molar-refractivity contribution in [3.8, 4) is 0 Å². The van der Waals surface area contributed by atoms with Crippen molar-refractivity contribution in [1.82, 2.24) is 9.73 Å². The maximum Gasteiger partial charge on any atom is 0.255 e. The van der Waals surface area contributed by atoms with Gasteiger partial charge in [0, 0.05) is 12.1 Å². The van der Waals surface area contributed by atoms with E-state index in [0.717, 1.165) is 9.87 Å². The molecule has 0 aliphatic carbocycles. The number of hydrogen-bond acceptors (Lipinski definition) is 4. The lowest BCUT2D eigenvalue weighted by molar-refractivity contribution is -0.121. The number of rotatable bonds is 9. The zero-order chi connectivity index (χ0) is 23.0. The van der Waals surface area contributed by atoms with E-state index in [-0.39, 0.29) is 18.0 Å². The predicted molar refractivity (Wildman–Crippen MR) is 128 cm³/mol. The van der Waals surface area contributed by atoms with Crippen molar-refractivity contribution in [1.29, 1.82) is 0 Å². The number of carbonyl (C=O) groups is 1. The maximum absolute atomic E-state index is 13.1. The molecule has 3 aromatic rings. The highest BCUT2D eigenvalue weighted by Gasteiger charge is 2.26. The van der Waals surface area contributed by atoms with E-state index in [2.05, 4.69) is 10.5 Å². The maximum atomic E-state index is 13.1. The Balaban J connectivity index is 1.73. The Labute approximate surface area is 197 Å². The van der Waals surface area contributed by atoms with Crippen LogP contribution in [0.2, 0.25) is 10.0 Å². The van der Waals surface area contributed by atoms with Gasteiger partial charge in [0.2, 0.25) is 10.0 Å². The summed E-state index contributed by atoms with van der Waals surface area (Å²) in [5.41, 5.74) is 3.85. The third-order valence-electron chi connectivity index (χ3n) is 4.57. The molecule has 0 aliphatic rings. The molecule has 0 heterocycles. The quantitative estimate of drug-likeness (QED) is 0.357. The lowest BCUT2D eigenvalue weighted by Crippen LogP contribution is -2.40. The third-order valence-corrected chi connectivity index (χ3v) is 7.26. The zero-order valence-corrected chi connectivity index (χ0v) is 19.3. The van der Waals surface area contributed by atoms with Gasteiger partial charge in [-0.05, 0) is 30.2 Å². The standard InChI is InChI=1S/C23H21Cl2N3O3S/c24-21-13-7-10-19(23(21)25)16-26-27-22(29)17-28(15-14-18-8-3-1-4-9-18)32(30,31)20-11-5-2-6-12-20/h1-13,16H,14-15,17H2,(H,27,29)/b26-16+. The van der Waals surface area contributed by atoms with E-state index < -0.39 is 15.9 Å². The van der Waals surface area contributed by atoms with Crippen LogP contribution in [-0.4, -0.2) is 37.9 Å². The van der Waals surface area contributed by atoms with E-state index in [1.807, 2.05) is 30.3 Å². The van der Waals surface area contributed by atoms with Crippen molar-refractivity contribution < 1.29 is 13.2 Å². The van der Waals surface area contributed by atoms with Gasteiger partial charge >= 0.3 is 0 Å². The highest BCUT2D eigenvalue weighted by Crippen LogP contribution is 2.24. The molecule has 0 saturated heterocycles. The fraction of sp³-hybridized carbons (Fsp3) is 0.130. The number of halogens is 2. The average Bonchev–Trinajstić information content (AvgIpc) is 2.80. The monoisotopic (exact) mass is 489 g/mol. The van der Waals surface area contributed by atoms with Crippen LogP contribution in [0, 0.1) is 0 Å². The minimum Gasteiger partial charge on any atom is -0.272 e. The third kappa shape index (κ3) is 6.40. The summed E-state index contributed by atoms with van der Waals surface area (Å²) in [7, 11) is -3.87. The van der Waals surface area contributed by atoms with E-state index in [1.165, 1.54) is 18.3 Å². The second-order valence-corrected chi connectivity index (χ2v) is 9.55. The first-order valence-electron chi connectivity index (χ1n) is 9.73. The molecule has 0 aromatic heterocycles. The molecule has 32 heavy (non-hydrogen) atoms. The first kappa shape index (κ1) is 23.9. The van der Waals surface area contributed by atoms with Gasteiger partial charge in [0.25, 0.3) is 5.91 Å². The lowest BCUT2D eigenvalue weighted by atomic mass is 10.1. The van der Waals surface area contributed by atoms with E-state index >= 15 is 0 Å². The van der Waals surface area contributed by atoms with E-state index in [4.69, 9.17) is 23.2 Å². The van der Waals surface area contributed by atoms with Crippen LogP contribution in [0.15, 0.2) is 88.9 Å². The van der Waals surface area contributed by atoms with Gasteiger partial charge in [-0.3, -0.25) is 4.79 Å². The Morgan fingerprint density at radius 2 is 1.59 bits per heavy atom. The Morgan fingerprint density at radius 1 is 0.938 bits per heavy atom. The number of sulfonamides is 1. The minimum absolute atomic E-state index is 0.120. The number of nitrogens with one attached hydrogen (secondary N) is 1. The predicted octanol–water partition coefficient (Wildman–Crippen LogP) is 4.38. The minimum atomic E-state index is -3.87. The Kier molecular flexibility index (Phi) is 8.41. The molecule has 3 rings (SSSR count). The van der Waals surface area contributed by atoms with Crippen LogP contribution in [0.4, 0.5) is 0 Å². The second kappa shape index (κ2) is 11.2. The summed E-state index contributed by atoms with van der Waals surface area (Å²) >= 11 is 12.1. The number of benzene rings is 3. The van der Waals surface area contributed by atoms with Crippen LogP contribution in [0.3, 0.4) is 0 Å². The fourth-order valence-corrected chi connectivity index (χ4v) is 4.69. The van der Waals surface area contributed by atoms with Gasteiger partial charge in [-0.15, -0.1) is 0 Å². The summed E-state index contributed by atoms with van der Waals surface area (Å²) in [5.74, 6) is -0.577. The molecular weight excluding hydrogens is 469 g/mol. The number of hydrazone groups is 1. The molecule has 0 radical (unpaired) electrons. The Morgan fingerprint density at radius 3 is 2.28 bits per heavy atom. The molecule has 166 valence electrons. The van der Waals surface area contributed by atoms with Gasteiger partial charge in [0.05, 0.1) is 27.7 Å².